The van der Waals surface area contributed by atoms with E-state index in [-0.39, 0.29) is 5.41 Å². The van der Waals surface area contributed by atoms with Crippen LogP contribution in [0.1, 0.15) is 64.7 Å². The van der Waals surface area contributed by atoms with Crippen LogP contribution in [0.2, 0.25) is 0 Å². The first-order chi connectivity index (χ1) is 9.09. The minimum absolute atomic E-state index is 0.283. The van der Waals surface area contributed by atoms with E-state index in [2.05, 4.69) is 6.92 Å². The molecule has 4 aliphatic carbocycles. The Labute approximate surface area is 121 Å². The van der Waals surface area contributed by atoms with E-state index < -0.39 is 5.97 Å². The molecule has 0 aromatic heterocycles. The van der Waals surface area contributed by atoms with Gasteiger partial charge in [0.15, 0.2) is 0 Å². The SMILES string of the molecule is CCCCCCl.O=C(O)C12CC3CC(CC(C3)C1)C2. The highest BCUT2D eigenvalue weighted by Gasteiger charge is 2.54. The molecule has 0 unspecified atom stereocenters. The van der Waals surface area contributed by atoms with Crippen molar-refractivity contribution in [3.05, 3.63) is 0 Å². The second-order valence-electron chi connectivity index (χ2n) is 6.90. The van der Waals surface area contributed by atoms with E-state index in [1.165, 1.54) is 38.5 Å². The quantitative estimate of drug-likeness (QED) is 0.601. The van der Waals surface area contributed by atoms with Crippen LogP contribution >= 0.6 is 11.6 Å². The number of halogens is 1. The Morgan fingerprint density at radius 2 is 1.58 bits per heavy atom. The average Bonchev–Trinajstić information content (AvgIpc) is 2.35. The second-order valence-corrected chi connectivity index (χ2v) is 7.28. The van der Waals surface area contributed by atoms with Crippen LogP contribution in [0.25, 0.3) is 0 Å². The molecule has 0 aliphatic heterocycles. The van der Waals surface area contributed by atoms with Crippen molar-refractivity contribution < 1.29 is 9.90 Å². The summed E-state index contributed by atoms with van der Waals surface area (Å²) in [7, 11) is 0. The summed E-state index contributed by atoms with van der Waals surface area (Å²) in [5, 5.41) is 9.28. The van der Waals surface area contributed by atoms with Crippen molar-refractivity contribution in [2.75, 3.05) is 5.88 Å². The molecule has 110 valence electrons. The van der Waals surface area contributed by atoms with Crippen LogP contribution in [-0.4, -0.2) is 17.0 Å². The third-order valence-electron chi connectivity index (χ3n) is 5.23. The minimum Gasteiger partial charge on any atom is -0.481 e. The summed E-state index contributed by atoms with van der Waals surface area (Å²) in [5.41, 5.74) is -0.283. The van der Waals surface area contributed by atoms with Crippen molar-refractivity contribution in [1.29, 1.82) is 0 Å². The Balaban J connectivity index is 0.000000192. The van der Waals surface area contributed by atoms with Gasteiger partial charge in [-0.05, 0) is 62.7 Å². The molecule has 0 aromatic rings. The number of hydrogen-bond donors (Lipinski definition) is 1. The van der Waals surface area contributed by atoms with Crippen molar-refractivity contribution in [1.82, 2.24) is 0 Å². The minimum atomic E-state index is -0.508. The molecule has 4 fully saturated rings. The predicted molar refractivity (Wildman–Crippen MR) is 78.5 cm³/mol. The fourth-order valence-electron chi connectivity index (χ4n) is 4.72. The van der Waals surface area contributed by atoms with Gasteiger partial charge in [-0.15, -0.1) is 11.6 Å². The molecule has 0 heterocycles. The van der Waals surface area contributed by atoms with Crippen molar-refractivity contribution in [2.45, 2.75) is 64.7 Å². The molecule has 4 rings (SSSR count). The number of alkyl halides is 1. The third-order valence-corrected chi connectivity index (χ3v) is 5.50. The molecule has 0 radical (unpaired) electrons. The second kappa shape index (κ2) is 6.47. The van der Waals surface area contributed by atoms with Gasteiger partial charge in [0.05, 0.1) is 5.41 Å². The number of carboxylic acid groups (broad SMARTS) is 1. The molecule has 4 aliphatic rings. The molecule has 0 atom stereocenters. The molecule has 0 saturated heterocycles. The van der Waals surface area contributed by atoms with Crippen LogP contribution in [0, 0.1) is 23.2 Å². The van der Waals surface area contributed by atoms with E-state index >= 15 is 0 Å². The summed E-state index contributed by atoms with van der Waals surface area (Å²) >= 11 is 5.38. The maximum absolute atomic E-state index is 11.3. The number of aliphatic carboxylic acids is 1. The monoisotopic (exact) mass is 286 g/mol. The number of carboxylic acids is 1. The third kappa shape index (κ3) is 3.45. The zero-order valence-electron chi connectivity index (χ0n) is 12.0. The zero-order chi connectivity index (χ0) is 13.9. The molecule has 1 N–H and O–H groups in total. The molecule has 19 heavy (non-hydrogen) atoms. The Kier molecular flexibility index (Phi) is 5.16. The van der Waals surface area contributed by atoms with Crippen molar-refractivity contribution in [3.63, 3.8) is 0 Å². The fraction of sp³-hybridized carbons (Fsp3) is 0.938. The van der Waals surface area contributed by atoms with Crippen LogP contribution in [0.15, 0.2) is 0 Å². The summed E-state index contributed by atoms with van der Waals surface area (Å²) in [6, 6.07) is 0. The van der Waals surface area contributed by atoms with Gasteiger partial charge in [-0.2, -0.15) is 0 Å². The molecule has 2 nitrogen and oxygen atoms in total. The van der Waals surface area contributed by atoms with Crippen molar-refractivity contribution in [2.24, 2.45) is 23.2 Å². The maximum Gasteiger partial charge on any atom is 0.309 e. The number of hydrogen-bond acceptors (Lipinski definition) is 1. The lowest BCUT2D eigenvalue weighted by Gasteiger charge is -2.54. The zero-order valence-corrected chi connectivity index (χ0v) is 12.8. The van der Waals surface area contributed by atoms with Gasteiger partial charge in [0.25, 0.3) is 0 Å². The highest BCUT2D eigenvalue weighted by molar-refractivity contribution is 6.17. The van der Waals surface area contributed by atoms with E-state index in [0.29, 0.717) is 0 Å². The maximum atomic E-state index is 11.3. The lowest BCUT2D eigenvalue weighted by atomic mass is 9.49. The molecule has 0 aromatic carbocycles. The topological polar surface area (TPSA) is 37.3 Å². The highest BCUT2D eigenvalue weighted by Crippen LogP contribution is 2.59. The van der Waals surface area contributed by atoms with Gasteiger partial charge in [-0.1, -0.05) is 19.8 Å². The average molecular weight is 287 g/mol. The van der Waals surface area contributed by atoms with Crippen LogP contribution in [0.5, 0.6) is 0 Å². The first-order valence-corrected chi connectivity index (χ1v) is 8.42. The van der Waals surface area contributed by atoms with Crippen LogP contribution in [0.3, 0.4) is 0 Å². The van der Waals surface area contributed by atoms with Gasteiger partial charge < -0.3 is 5.11 Å². The number of unbranched alkanes of at least 4 members (excludes halogenated alkanes) is 2. The van der Waals surface area contributed by atoms with Crippen molar-refractivity contribution >= 4 is 17.6 Å². The summed E-state index contributed by atoms with van der Waals surface area (Å²) in [6.07, 6.45) is 10.6. The van der Waals surface area contributed by atoms with Gasteiger partial charge in [0.1, 0.15) is 0 Å². The van der Waals surface area contributed by atoms with E-state index in [1.807, 2.05) is 0 Å². The van der Waals surface area contributed by atoms with E-state index in [1.54, 1.807) is 0 Å². The lowest BCUT2D eigenvalue weighted by Crippen LogP contribution is -2.49. The molecule has 4 saturated carbocycles. The van der Waals surface area contributed by atoms with E-state index in [0.717, 1.165) is 42.9 Å². The normalized spacial score (nSPS) is 38.7. The fourth-order valence-corrected chi connectivity index (χ4v) is 4.91. The molecule has 3 heteroatoms. The van der Waals surface area contributed by atoms with E-state index in [9.17, 15) is 9.90 Å². The first-order valence-electron chi connectivity index (χ1n) is 7.89. The van der Waals surface area contributed by atoms with E-state index in [4.69, 9.17) is 11.6 Å². The smallest absolute Gasteiger partial charge is 0.309 e. The largest absolute Gasteiger partial charge is 0.481 e. The van der Waals surface area contributed by atoms with Gasteiger partial charge in [-0.3, -0.25) is 4.79 Å². The molecular weight excluding hydrogens is 260 g/mol. The molecular formula is C16H27ClO2. The number of carbonyl (C=O) groups is 1. The van der Waals surface area contributed by atoms with Gasteiger partial charge in [0, 0.05) is 5.88 Å². The Morgan fingerprint density at radius 3 is 1.84 bits per heavy atom. The van der Waals surface area contributed by atoms with Gasteiger partial charge >= 0.3 is 5.97 Å². The standard InChI is InChI=1S/C11H16O2.C5H11Cl/c12-10(13)11-4-7-1-8(5-11)3-9(2-7)6-11;1-2-3-4-5-6/h7-9H,1-6H2,(H,12,13);2-5H2,1H3. The predicted octanol–water partition coefficient (Wildman–Crippen LogP) is 4.70. The molecule has 0 amide bonds. The lowest BCUT2D eigenvalue weighted by molar-refractivity contribution is -0.164. The van der Waals surface area contributed by atoms with Crippen LogP contribution in [0.4, 0.5) is 0 Å². The summed E-state index contributed by atoms with van der Waals surface area (Å²) in [5.74, 6) is 2.58. The molecule has 4 bridgehead atoms. The van der Waals surface area contributed by atoms with Gasteiger partial charge in [-0.25, -0.2) is 0 Å². The Morgan fingerprint density at radius 1 is 1.11 bits per heavy atom. The number of rotatable bonds is 4. The van der Waals surface area contributed by atoms with Crippen LogP contribution < -0.4 is 0 Å². The van der Waals surface area contributed by atoms with Crippen molar-refractivity contribution in [3.8, 4) is 0 Å². The van der Waals surface area contributed by atoms with Crippen LogP contribution in [-0.2, 0) is 4.79 Å². The Hall–Kier alpha value is -0.240. The highest BCUT2D eigenvalue weighted by atomic mass is 35.5. The summed E-state index contributed by atoms with van der Waals surface area (Å²) in [4.78, 5) is 11.3. The van der Waals surface area contributed by atoms with Gasteiger partial charge in [0.2, 0.25) is 0 Å². The first kappa shape index (κ1) is 15.2. The summed E-state index contributed by atoms with van der Waals surface area (Å²) < 4.78 is 0. The molecule has 0 spiro atoms. The summed E-state index contributed by atoms with van der Waals surface area (Å²) in [6.45, 7) is 2.17. The Bertz CT molecular complexity index is 275.